The van der Waals surface area contributed by atoms with Gasteiger partial charge in [0.25, 0.3) is 5.91 Å². The largest absolute Gasteiger partial charge is 0.478 e. The first-order chi connectivity index (χ1) is 13.9. The number of anilines is 1. The highest BCUT2D eigenvalue weighted by Gasteiger charge is 2.31. The first-order valence-electron chi connectivity index (χ1n) is 9.19. The number of ether oxygens (including phenoxy) is 1. The molecule has 0 aliphatic rings. The summed E-state index contributed by atoms with van der Waals surface area (Å²) in [5.41, 5.74) is 0.268. The van der Waals surface area contributed by atoms with Crippen LogP contribution in [0.3, 0.4) is 0 Å². The van der Waals surface area contributed by atoms with E-state index >= 15 is 0 Å². The second-order valence-corrected chi connectivity index (χ2v) is 9.59. The minimum atomic E-state index is -1.07. The Bertz CT molecular complexity index is 931. The van der Waals surface area contributed by atoms with Crippen LogP contribution in [-0.4, -0.2) is 27.5 Å². The smallest absolute Gasteiger partial charge is 0.269 e. The van der Waals surface area contributed by atoms with E-state index < -0.39 is 5.60 Å². The van der Waals surface area contributed by atoms with Gasteiger partial charge in [-0.2, -0.15) is 0 Å². The van der Waals surface area contributed by atoms with Crippen molar-refractivity contribution >= 4 is 45.7 Å². The van der Waals surface area contributed by atoms with Gasteiger partial charge in [-0.25, -0.2) is 0 Å². The molecule has 1 heterocycles. The molecule has 3 aromatic rings. The van der Waals surface area contributed by atoms with E-state index in [-0.39, 0.29) is 5.91 Å². The third-order valence-corrected chi connectivity index (χ3v) is 6.35. The normalized spacial score (nSPS) is 11.3. The molecule has 3 rings (SSSR count). The van der Waals surface area contributed by atoms with E-state index in [9.17, 15) is 4.79 Å². The van der Waals surface area contributed by atoms with Gasteiger partial charge < -0.3 is 4.74 Å². The number of hydrogen-bond acceptors (Lipinski definition) is 6. The van der Waals surface area contributed by atoms with Crippen LogP contribution in [0.25, 0.3) is 0 Å². The number of amides is 1. The van der Waals surface area contributed by atoms with E-state index in [1.807, 2.05) is 6.07 Å². The molecule has 29 heavy (non-hydrogen) atoms. The van der Waals surface area contributed by atoms with Crippen LogP contribution in [-0.2, 0) is 11.2 Å². The van der Waals surface area contributed by atoms with Gasteiger partial charge in [-0.15, -0.1) is 10.2 Å². The Hall–Kier alpha value is -2.09. The molecule has 0 aliphatic carbocycles. The highest BCUT2D eigenvalue weighted by atomic mass is 35.5. The lowest BCUT2D eigenvalue weighted by atomic mass is 10.1. The molecule has 0 saturated heterocycles. The summed E-state index contributed by atoms with van der Waals surface area (Å²) in [6.07, 6.45) is 2.09. The molecule has 5 nitrogen and oxygen atoms in total. The van der Waals surface area contributed by atoms with Gasteiger partial charge in [0.05, 0.1) is 0 Å². The molecule has 1 N–H and O–H groups in total. The Morgan fingerprint density at radius 1 is 1.14 bits per heavy atom. The maximum absolute atomic E-state index is 12.6. The average molecular weight is 448 g/mol. The van der Waals surface area contributed by atoms with Crippen LogP contribution < -0.4 is 10.1 Å². The first-order valence-corrected chi connectivity index (χ1v) is 11.4. The summed E-state index contributed by atoms with van der Waals surface area (Å²) < 4.78 is 6.64. The number of thioether (sulfide) groups is 1. The van der Waals surface area contributed by atoms with Crippen LogP contribution >= 0.6 is 34.7 Å². The fourth-order valence-corrected chi connectivity index (χ4v) is 4.37. The van der Waals surface area contributed by atoms with Gasteiger partial charge in [0.1, 0.15) is 5.75 Å². The maximum Gasteiger partial charge on any atom is 0.269 e. The number of hydrogen-bond donors (Lipinski definition) is 1. The third-order valence-electron chi connectivity index (χ3n) is 4.04. The minimum absolute atomic E-state index is 0.288. The summed E-state index contributed by atoms with van der Waals surface area (Å²) in [6.45, 7) is 3.41. The third kappa shape index (κ3) is 6.73. The molecule has 0 aliphatic heterocycles. The predicted octanol–water partition coefficient (Wildman–Crippen LogP) is 5.71. The Morgan fingerprint density at radius 3 is 2.59 bits per heavy atom. The molecule has 8 heteroatoms. The molecule has 152 valence electrons. The van der Waals surface area contributed by atoms with E-state index in [0.29, 0.717) is 15.9 Å². The lowest BCUT2D eigenvalue weighted by Gasteiger charge is -2.24. The predicted molar refractivity (Wildman–Crippen MR) is 120 cm³/mol. The maximum atomic E-state index is 12.6. The fraction of sp³-hybridized carbons (Fsp3) is 0.286. The summed E-state index contributed by atoms with van der Waals surface area (Å²) in [4.78, 5) is 12.6. The Morgan fingerprint density at radius 2 is 1.86 bits per heavy atom. The SMILES string of the molecule is CC(C)(Oc1ccc(Cl)cc1)C(=O)Nc1nnc(SCCCc2ccccc2)s1. The molecule has 0 unspecified atom stereocenters. The second-order valence-electron chi connectivity index (χ2n) is 6.83. The van der Waals surface area contributed by atoms with Gasteiger partial charge in [-0.05, 0) is 56.5 Å². The summed E-state index contributed by atoms with van der Waals surface area (Å²) >= 11 is 8.90. The first kappa shape index (κ1) is 21.6. The number of benzene rings is 2. The average Bonchev–Trinajstić information content (AvgIpc) is 3.15. The summed E-state index contributed by atoms with van der Waals surface area (Å²) in [5, 5.41) is 12.1. The molecule has 0 saturated carbocycles. The van der Waals surface area contributed by atoms with Gasteiger partial charge in [0, 0.05) is 10.8 Å². The molecule has 0 spiro atoms. The highest BCUT2D eigenvalue weighted by Crippen LogP contribution is 2.28. The quantitative estimate of drug-likeness (QED) is 0.258. The van der Waals surface area contributed by atoms with E-state index in [1.165, 1.54) is 16.9 Å². The number of nitrogens with one attached hydrogen (secondary N) is 1. The molecule has 0 fully saturated rings. The van der Waals surface area contributed by atoms with Gasteiger partial charge in [-0.3, -0.25) is 10.1 Å². The number of aromatic nitrogens is 2. The van der Waals surface area contributed by atoms with E-state index in [4.69, 9.17) is 16.3 Å². The van der Waals surface area contributed by atoms with Crippen LogP contribution in [0.1, 0.15) is 25.8 Å². The zero-order valence-corrected chi connectivity index (χ0v) is 18.6. The molecular formula is C21H22ClN3O2S2. The van der Waals surface area contributed by atoms with Gasteiger partial charge in [0.2, 0.25) is 5.13 Å². The molecule has 0 atom stereocenters. The molecule has 1 amide bonds. The molecule has 0 bridgehead atoms. The fourth-order valence-electron chi connectivity index (χ4n) is 2.49. The van der Waals surface area contributed by atoms with Crippen molar-refractivity contribution in [1.82, 2.24) is 10.2 Å². The van der Waals surface area contributed by atoms with Crippen molar-refractivity contribution in [2.45, 2.75) is 36.6 Å². The van der Waals surface area contributed by atoms with Gasteiger partial charge >= 0.3 is 0 Å². The van der Waals surface area contributed by atoms with Crippen molar-refractivity contribution in [1.29, 1.82) is 0 Å². The van der Waals surface area contributed by atoms with Crippen molar-refractivity contribution in [2.75, 3.05) is 11.1 Å². The number of rotatable bonds is 9. The van der Waals surface area contributed by atoms with Crippen molar-refractivity contribution in [3.8, 4) is 5.75 Å². The van der Waals surface area contributed by atoms with Gasteiger partial charge in [0.15, 0.2) is 9.94 Å². The van der Waals surface area contributed by atoms with Crippen molar-refractivity contribution in [3.05, 3.63) is 65.2 Å². The minimum Gasteiger partial charge on any atom is -0.478 e. The standard InChI is InChI=1S/C21H22ClN3O2S2/c1-21(2,27-17-12-10-16(22)11-13-17)18(26)23-19-24-25-20(29-19)28-14-6-9-15-7-4-3-5-8-15/h3-5,7-8,10-13H,6,9,14H2,1-2H3,(H,23,24,26). The van der Waals surface area contributed by atoms with E-state index in [0.717, 1.165) is 22.9 Å². The molecule has 0 radical (unpaired) electrons. The van der Waals surface area contributed by atoms with Crippen LogP contribution in [0.15, 0.2) is 58.9 Å². The summed E-state index contributed by atoms with van der Waals surface area (Å²) in [5.74, 6) is 1.23. The summed E-state index contributed by atoms with van der Waals surface area (Å²) in [6, 6.07) is 17.3. The Labute approximate surface area is 183 Å². The van der Waals surface area contributed by atoms with Crippen molar-refractivity contribution in [3.63, 3.8) is 0 Å². The number of carbonyl (C=O) groups is 1. The summed E-state index contributed by atoms with van der Waals surface area (Å²) in [7, 11) is 0. The van der Waals surface area contributed by atoms with Crippen LogP contribution in [0, 0.1) is 0 Å². The van der Waals surface area contributed by atoms with Crippen LogP contribution in [0.4, 0.5) is 5.13 Å². The second kappa shape index (κ2) is 10.1. The van der Waals surface area contributed by atoms with Crippen LogP contribution in [0.2, 0.25) is 5.02 Å². The monoisotopic (exact) mass is 447 g/mol. The van der Waals surface area contributed by atoms with E-state index in [2.05, 4.69) is 39.8 Å². The Kier molecular flexibility index (Phi) is 7.52. The Balaban J connectivity index is 1.47. The number of aryl methyl sites for hydroxylation is 1. The molecule has 2 aromatic carbocycles. The number of nitrogens with zero attached hydrogens (tertiary/aromatic N) is 2. The number of halogens is 1. The lowest BCUT2D eigenvalue weighted by Crippen LogP contribution is -2.42. The lowest BCUT2D eigenvalue weighted by molar-refractivity contribution is -0.128. The molecular weight excluding hydrogens is 426 g/mol. The number of carbonyl (C=O) groups excluding carboxylic acids is 1. The molecule has 1 aromatic heterocycles. The van der Waals surface area contributed by atoms with Crippen molar-refractivity contribution in [2.24, 2.45) is 0 Å². The van der Waals surface area contributed by atoms with Gasteiger partial charge in [-0.1, -0.05) is 65.0 Å². The van der Waals surface area contributed by atoms with Crippen LogP contribution in [0.5, 0.6) is 5.75 Å². The zero-order chi connectivity index (χ0) is 20.7. The van der Waals surface area contributed by atoms with E-state index in [1.54, 1.807) is 49.9 Å². The van der Waals surface area contributed by atoms with Crippen molar-refractivity contribution < 1.29 is 9.53 Å². The highest BCUT2D eigenvalue weighted by molar-refractivity contribution is 8.01. The zero-order valence-electron chi connectivity index (χ0n) is 16.2. The topological polar surface area (TPSA) is 64.1 Å².